The van der Waals surface area contributed by atoms with Crippen LogP contribution in [0.3, 0.4) is 0 Å². The maximum absolute atomic E-state index is 12.8. The third-order valence-corrected chi connectivity index (χ3v) is 4.77. The highest BCUT2D eigenvalue weighted by Crippen LogP contribution is 2.13. The molecule has 0 radical (unpaired) electrons. The lowest BCUT2D eigenvalue weighted by Crippen LogP contribution is -2.38. The van der Waals surface area contributed by atoms with E-state index in [0.29, 0.717) is 17.7 Å². The van der Waals surface area contributed by atoms with Crippen molar-refractivity contribution in [3.8, 4) is 0 Å². The average Bonchev–Trinajstić information content (AvgIpc) is 2.78. The summed E-state index contributed by atoms with van der Waals surface area (Å²) in [5.41, 5.74) is 4.24. The number of hydrogen-bond donors (Lipinski definition) is 1. The molecular weight excluding hydrogens is 386 g/mol. The van der Waals surface area contributed by atoms with Crippen molar-refractivity contribution in [3.05, 3.63) is 101 Å². The van der Waals surface area contributed by atoms with E-state index in [1.54, 1.807) is 18.3 Å². The first kappa shape index (κ1) is 22.1. The van der Waals surface area contributed by atoms with E-state index >= 15 is 0 Å². The van der Waals surface area contributed by atoms with Crippen molar-refractivity contribution < 1.29 is 9.59 Å². The summed E-state index contributed by atoms with van der Waals surface area (Å²) in [5.74, 6) is -0.317. The van der Waals surface area contributed by atoms with Gasteiger partial charge in [-0.15, -0.1) is 0 Å². The van der Waals surface area contributed by atoms with Gasteiger partial charge in [0.2, 0.25) is 0 Å². The molecule has 0 spiro atoms. The molecule has 1 amide bonds. The zero-order valence-corrected chi connectivity index (χ0v) is 17.9. The minimum Gasteiger partial charge on any atom is -0.342 e. The monoisotopic (exact) mass is 413 g/mol. The average molecular weight is 414 g/mol. The molecule has 3 rings (SSSR count). The van der Waals surface area contributed by atoms with Gasteiger partial charge in [-0.25, -0.2) is 0 Å². The predicted octanol–water partition coefficient (Wildman–Crippen LogP) is 3.85. The summed E-state index contributed by atoms with van der Waals surface area (Å²) in [7, 11) is 4.08. The Hall–Kier alpha value is -3.57. The molecule has 1 heterocycles. The lowest BCUT2D eigenvalue weighted by atomic mass is 10.1. The van der Waals surface area contributed by atoms with Gasteiger partial charge in [0.25, 0.3) is 5.91 Å². The van der Waals surface area contributed by atoms with Crippen molar-refractivity contribution in [2.24, 2.45) is 0 Å². The highest BCUT2D eigenvalue weighted by atomic mass is 16.2. The van der Waals surface area contributed by atoms with Crippen molar-refractivity contribution in [1.29, 1.82) is 0 Å². The molecule has 2 aromatic carbocycles. The number of benzene rings is 2. The van der Waals surface area contributed by atoms with Gasteiger partial charge in [-0.1, -0.05) is 60.7 Å². The third-order valence-electron chi connectivity index (χ3n) is 4.77. The van der Waals surface area contributed by atoms with Crippen LogP contribution in [0.15, 0.2) is 72.9 Å². The number of hydrogen-bond acceptors (Lipinski definition) is 4. The van der Waals surface area contributed by atoms with E-state index < -0.39 is 6.04 Å². The van der Waals surface area contributed by atoms with Crippen molar-refractivity contribution >= 4 is 24.3 Å². The molecule has 1 atom stereocenters. The Bertz CT molecular complexity index is 1030. The zero-order chi connectivity index (χ0) is 22.1. The number of amides is 1. The van der Waals surface area contributed by atoms with Crippen LogP contribution in [0.2, 0.25) is 0 Å². The second-order valence-corrected chi connectivity index (χ2v) is 7.65. The van der Waals surface area contributed by atoms with Gasteiger partial charge in [0, 0.05) is 12.7 Å². The largest absolute Gasteiger partial charge is 0.342 e. The van der Waals surface area contributed by atoms with E-state index in [1.165, 1.54) is 5.56 Å². The number of nitrogens with one attached hydrogen (secondary N) is 1. The molecule has 5 heteroatoms. The first-order valence-corrected chi connectivity index (χ1v) is 10.2. The molecule has 31 heavy (non-hydrogen) atoms. The molecule has 0 bridgehead atoms. The van der Waals surface area contributed by atoms with Crippen LogP contribution in [0.1, 0.15) is 32.7 Å². The number of aromatic nitrogens is 1. The molecule has 0 saturated heterocycles. The summed E-state index contributed by atoms with van der Waals surface area (Å²) in [5, 5.41) is 2.81. The lowest BCUT2D eigenvalue weighted by Gasteiger charge is -2.14. The summed E-state index contributed by atoms with van der Waals surface area (Å²) in [6.07, 6.45) is 6.62. The molecule has 3 aromatic rings. The summed E-state index contributed by atoms with van der Waals surface area (Å²) < 4.78 is 0. The fourth-order valence-electron chi connectivity index (χ4n) is 3.26. The summed E-state index contributed by atoms with van der Waals surface area (Å²) in [6.45, 7) is 0.884. The smallest absolute Gasteiger partial charge is 0.254 e. The van der Waals surface area contributed by atoms with E-state index in [2.05, 4.69) is 27.3 Å². The van der Waals surface area contributed by atoms with Gasteiger partial charge in [-0.05, 0) is 55.4 Å². The van der Waals surface area contributed by atoms with Crippen molar-refractivity contribution in [2.45, 2.75) is 19.0 Å². The Labute approximate surface area is 183 Å². The number of nitrogens with zero attached hydrogens (tertiary/aromatic N) is 2. The maximum Gasteiger partial charge on any atom is 0.254 e. The summed E-state index contributed by atoms with van der Waals surface area (Å²) >= 11 is 0. The highest BCUT2D eigenvalue weighted by Gasteiger charge is 2.16. The molecule has 5 nitrogen and oxygen atoms in total. The van der Waals surface area contributed by atoms with E-state index in [4.69, 9.17) is 0 Å². The van der Waals surface area contributed by atoms with Crippen LogP contribution in [0.4, 0.5) is 0 Å². The minimum atomic E-state index is -0.601. The number of pyridine rings is 1. The first-order valence-electron chi connectivity index (χ1n) is 10.2. The molecule has 0 fully saturated rings. The molecule has 1 aromatic heterocycles. The Kier molecular flexibility index (Phi) is 7.85. The fraction of sp³-hybridized carbons (Fsp3) is 0.192. The second kappa shape index (κ2) is 11.0. The number of carbonyl (C=O) groups is 2. The van der Waals surface area contributed by atoms with E-state index in [0.717, 1.165) is 24.0 Å². The van der Waals surface area contributed by atoms with Crippen LogP contribution in [-0.2, 0) is 17.8 Å². The van der Waals surface area contributed by atoms with Gasteiger partial charge in [0.05, 0.1) is 17.3 Å². The molecule has 0 aliphatic rings. The van der Waals surface area contributed by atoms with Crippen LogP contribution < -0.4 is 5.32 Å². The molecule has 158 valence electrons. The number of aldehydes is 1. The Morgan fingerprint density at radius 1 is 0.968 bits per heavy atom. The van der Waals surface area contributed by atoms with Gasteiger partial charge in [-0.2, -0.15) is 0 Å². The predicted molar refractivity (Wildman–Crippen MR) is 124 cm³/mol. The SMILES string of the molecule is CN(C)Cc1ccc(C=Cc2ncccc2C(=O)N[C@H](C=O)Cc2ccccc2)cc1. The van der Waals surface area contributed by atoms with Gasteiger partial charge >= 0.3 is 0 Å². The van der Waals surface area contributed by atoms with Crippen LogP contribution in [-0.4, -0.2) is 42.2 Å². The topological polar surface area (TPSA) is 62.3 Å². The van der Waals surface area contributed by atoms with Gasteiger partial charge in [0.15, 0.2) is 0 Å². The van der Waals surface area contributed by atoms with Gasteiger partial charge in [0.1, 0.15) is 6.29 Å². The van der Waals surface area contributed by atoms with Gasteiger partial charge < -0.3 is 15.0 Å². The van der Waals surface area contributed by atoms with E-state index in [9.17, 15) is 9.59 Å². The summed E-state index contributed by atoms with van der Waals surface area (Å²) in [4.78, 5) is 30.8. The van der Waals surface area contributed by atoms with Gasteiger partial charge in [-0.3, -0.25) is 9.78 Å². The maximum atomic E-state index is 12.8. The Balaban J connectivity index is 1.71. The Morgan fingerprint density at radius 2 is 1.71 bits per heavy atom. The first-order chi connectivity index (χ1) is 15.0. The standard InChI is InChI=1S/C26H27N3O2/c1-29(2)18-22-12-10-20(11-13-22)14-15-25-24(9-6-16-27-25)26(31)28-23(19-30)17-21-7-4-3-5-8-21/h3-16,19,23H,17-18H2,1-2H3,(H,28,31)/t23-/m0/s1. The molecule has 0 unspecified atom stereocenters. The highest BCUT2D eigenvalue weighted by molar-refractivity contribution is 5.99. The van der Waals surface area contributed by atoms with Crippen molar-refractivity contribution in [1.82, 2.24) is 15.2 Å². The summed E-state index contributed by atoms with van der Waals surface area (Å²) in [6, 6.07) is 20.7. The molecule has 0 aliphatic carbocycles. The fourth-order valence-corrected chi connectivity index (χ4v) is 3.26. The zero-order valence-electron chi connectivity index (χ0n) is 17.9. The number of rotatable bonds is 9. The molecule has 0 aliphatic heterocycles. The molecule has 1 N–H and O–H groups in total. The molecule has 0 saturated carbocycles. The van der Waals surface area contributed by atoms with E-state index in [-0.39, 0.29) is 5.91 Å². The number of carbonyl (C=O) groups excluding carboxylic acids is 2. The molecular formula is C26H27N3O2. The van der Waals surface area contributed by atoms with Crippen LogP contribution in [0, 0.1) is 0 Å². The van der Waals surface area contributed by atoms with Crippen LogP contribution >= 0.6 is 0 Å². The van der Waals surface area contributed by atoms with Crippen LogP contribution in [0.25, 0.3) is 12.2 Å². The van der Waals surface area contributed by atoms with Crippen molar-refractivity contribution in [3.63, 3.8) is 0 Å². The lowest BCUT2D eigenvalue weighted by molar-refractivity contribution is -0.109. The van der Waals surface area contributed by atoms with Crippen molar-refractivity contribution in [2.75, 3.05) is 14.1 Å². The van der Waals surface area contributed by atoms with E-state index in [1.807, 2.05) is 68.7 Å². The minimum absolute atomic E-state index is 0.317. The second-order valence-electron chi connectivity index (χ2n) is 7.65. The quantitative estimate of drug-likeness (QED) is 0.541. The Morgan fingerprint density at radius 3 is 2.39 bits per heavy atom. The third kappa shape index (κ3) is 6.73. The normalized spacial score (nSPS) is 12.1. The van der Waals surface area contributed by atoms with Crippen LogP contribution in [0.5, 0.6) is 0 Å².